The molecule has 1 aromatic heterocycles. The highest BCUT2D eigenvalue weighted by atomic mass is 16.2. The molecule has 1 heterocycles. The maximum absolute atomic E-state index is 12.4. The Morgan fingerprint density at radius 1 is 1.04 bits per heavy atom. The van der Waals surface area contributed by atoms with Crippen LogP contribution in [0.2, 0.25) is 0 Å². The van der Waals surface area contributed by atoms with Gasteiger partial charge in [-0.15, -0.1) is 0 Å². The van der Waals surface area contributed by atoms with Crippen LogP contribution in [0.25, 0.3) is 0 Å². The van der Waals surface area contributed by atoms with E-state index >= 15 is 0 Å². The third-order valence-corrected chi connectivity index (χ3v) is 3.56. The van der Waals surface area contributed by atoms with Crippen LogP contribution in [0, 0.1) is 0 Å². The molecule has 0 spiro atoms. The number of carbonyl (C=O) groups is 2. The molecule has 6 nitrogen and oxygen atoms in total. The molecular weight excluding hydrogens is 304 g/mol. The van der Waals surface area contributed by atoms with E-state index in [-0.39, 0.29) is 11.8 Å². The van der Waals surface area contributed by atoms with Crippen LogP contribution in [-0.2, 0) is 4.79 Å². The fourth-order valence-corrected chi connectivity index (χ4v) is 2.39. The van der Waals surface area contributed by atoms with Crippen LogP contribution in [0.1, 0.15) is 31.1 Å². The van der Waals surface area contributed by atoms with E-state index in [4.69, 9.17) is 0 Å². The number of hydrogen-bond donors (Lipinski definition) is 2. The van der Waals surface area contributed by atoms with E-state index in [2.05, 4.69) is 34.4 Å². The second-order valence-electron chi connectivity index (χ2n) is 5.32. The Balaban J connectivity index is 2.15. The molecule has 2 rings (SSSR count). The zero-order chi connectivity index (χ0) is 17.5. The smallest absolute Gasteiger partial charge is 0.257 e. The largest absolute Gasteiger partial charge is 0.371 e. The zero-order valence-corrected chi connectivity index (χ0v) is 14.2. The van der Waals surface area contributed by atoms with E-state index in [9.17, 15) is 9.59 Å². The molecule has 0 saturated carbocycles. The molecule has 24 heavy (non-hydrogen) atoms. The molecule has 0 atom stereocenters. The Bertz CT molecular complexity index is 726. The van der Waals surface area contributed by atoms with Crippen molar-refractivity contribution in [1.29, 1.82) is 0 Å². The Hall–Kier alpha value is -2.89. The summed E-state index contributed by atoms with van der Waals surface area (Å²) in [4.78, 5) is 29.8. The predicted octanol–water partition coefficient (Wildman–Crippen LogP) is 3.14. The SMILES string of the molecule is CCN(CC)c1cncc(C(=O)Nc2cccc(NC(C)=O)c2)c1. The maximum Gasteiger partial charge on any atom is 0.257 e. The van der Waals surface area contributed by atoms with Gasteiger partial charge in [0, 0.05) is 37.6 Å². The minimum atomic E-state index is -0.239. The monoisotopic (exact) mass is 326 g/mol. The van der Waals surface area contributed by atoms with Gasteiger partial charge in [0.1, 0.15) is 0 Å². The number of nitrogens with one attached hydrogen (secondary N) is 2. The molecule has 0 unspecified atom stereocenters. The molecule has 0 fully saturated rings. The fourth-order valence-electron chi connectivity index (χ4n) is 2.39. The van der Waals surface area contributed by atoms with Crippen molar-refractivity contribution in [3.63, 3.8) is 0 Å². The minimum Gasteiger partial charge on any atom is -0.371 e. The number of benzene rings is 1. The Kier molecular flexibility index (Phi) is 5.89. The van der Waals surface area contributed by atoms with Gasteiger partial charge in [-0.25, -0.2) is 0 Å². The van der Waals surface area contributed by atoms with Crippen molar-refractivity contribution in [3.8, 4) is 0 Å². The lowest BCUT2D eigenvalue weighted by molar-refractivity contribution is -0.114. The van der Waals surface area contributed by atoms with Crippen LogP contribution >= 0.6 is 0 Å². The summed E-state index contributed by atoms with van der Waals surface area (Å²) in [5.74, 6) is -0.397. The van der Waals surface area contributed by atoms with Crippen molar-refractivity contribution >= 4 is 28.9 Å². The number of hydrogen-bond acceptors (Lipinski definition) is 4. The molecule has 0 aliphatic rings. The van der Waals surface area contributed by atoms with E-state index in [1.165, 1.54) is 6.92 Å². The van der Waals surface area contributed by atoms with E-state index < -0.39 is 0 Å². The van der Waals surface area contributed by atoms with Gasteiger partial charge in [0.2, 0.25) is 5.91 Å². The molecule has 0 radical (unpaired) electrons. The van der Waals surface area contributed by atoms with Gasteiger partial charge in [0.25, 0.3) is 5.91 Å². The summed E-state index contributed by atoms with van der Waals surface area (Å²) in [6.07, 6.45) is 3.29. The average molecular weight is 326 g/mol. The summed E-state index contributed by atoms with van der Waals surface area (Å²) in [5, 5.41) is 5.51. The Morgan fingerprint density at radius 3 is 2.33 bits per heavy atom. The van der Waals surface area contributed by atoms with E-state index in [0.29, 0.717) is 16.9 Å². The number of carbonyl (C=O) groups excluding carboxylic acids is 2. The lowest BCUT2D eigenvalue weighted by atomic mass is 10.2. The van der Waals surface area contributed by atoms with Gasteiger partial charge < -0.3 is 15.5 Å². The van der Waals surface area contributed by atoms with Crippen LogP contribution in [0.3, 0.4) is 0 Å². The summed E-state index contributed by atoms with van der Waals surface area (Å²) in [5.41, 5.74) is 2.65. The normalized spacial score (nSPS) is 10.1. The van der Waals surface area contributed by atoms with Crippen molar-refractivity contribution in [2.75, 3.05) is 28.6 Å². The van der Waals surface area contributed by atoms with Gasteiger partial charge in [-0.1, -0.05) is 6.07 Å². The number of amides is 2. The molecule has 6 heteroatoms. The molecule has 0 aliphatic carbocycles. The van der Waals surface area contributed by atoms with Gasteiger partial charge in [-0.2, -0.15) is 0 Å². The quantitative estimate of drug-likeness (QED) is 0.855. The first-order valence-electron chi connectivity index (χ1n) is 7.92. The highest BCUT2D eigenvalue weighted by Crippen LogP contribution is 2.18. The number of rotatable bonds is 6. The number of nitrogens with zero attached hydrogens (tertiary/aromatic N) is 2. The summed E-state index contributed by atoms with van der Waals surface area (Å²) >= 11 is 0. The second kappa shape index (κ2) is 8.10. The van der Waals surface area contributed by atoms with Crippen molar-refractivity contribution < 1.29 is 9.59 Å². The number of anilines is 3. The fraction of sp³-hybridized carbons (Fsp3) is 0.278. The van der Waals surface area contributed by atoms with E-state index in [1.807, 2.05) is 6.07 Å². The van der Waals surface area contributed by atoms with Crippen LogP contribution in [0.15, 0.2) is 42.7 Å². The average Bonchev–Trinajstić information content (AvgIpc) is 2.56. The molecule has 0 saturated heterocycles. The summed E-state index contributed by atoms with van der Waals surface area (Å²) in [7, 11) is 0. The number of pyridine rings is 1. The van der Waals surface area contributed by atoms with Gasteiger partial charge in [0.15, 0.2) is 0 Å². The third-order valence-electron chi connectivity index (χ3n) is 3.56. The first kappa shape index (κ1) is 17.5. The van der Waals surface area contributed by atoms with Crippen molar-refractivity contribution in [2.24, 2.45) is 0 Å². The van der Waals surface area contributed by atoms with Crippen molar-refractivity contribution in [3.05, 3.63) is 48.3 Å². The molecule has 0 bridgehead atoms. The molecule has 2 amide bonds. The van der Waals surface area contributed by atoms with E-state index in [0.717, 1.165) is 18.8 Å². The van der Waals surface area contributed by atoms with Gasteiger partial charge in [0.05, 0.1) is 17.4 Å². The van der Waals surface area contributed by atoms with E-state index in [1.54, 1.807) is 36.7 Å². The first-order valence-corrected chi connectivity index (χ1v) is 7.92. The molecule has 0 aliphatic heterocycles. The van der Waals surface area contributed by atoms with Crippen LogP contribution < -0.4 is 15.5 Å². The highest BCUT2D eigenvalue weighted by Gasteiger charge is 2.10. The van der Waals surface area contributed by atoms with Gasteiger partial charge >= 0.3 is 0 Å². The van der Waals surface area contributed by atoms with Crippen LogP contribution in [-0.4, -0.2) is 29.9 Å². The van der Waals surface area contributed by atoms with Crippen molar-refractivity contribution in [1.82, 2.24) is 4.98 Å². The summed E-state index contributed by atoms with van der Waals surface area (Å²) in [6, 6.07) is 8.84. The lowest BCUT2D eigenvalue weighted by Gasteiger charge is -2.20. The Labute approximate surface area is 141 Å². The first-order chi connectivity index (χ1) is 11.5. The van der Waals surface area contributed by atoms with Crippen LogP contribution in [0.5, 0.6) is 0 Å². The van der Waals surface area contributed by atoms with Gasteiger partial charge in [-0.3, -0.25) is 14.6 Å². The standard InChI is InChI=1S/C18H22N4O2/c1-4-22(5-2)17-9-14(11-19-12-17)18(24)21-16-8-6-7-15(10-16)20-13(3)23/h6-12H,4-5H2,1-3H3,(H,20,23)(H,21,24). The molecular formula is C18H22N4O2. The lowest BCUT2D eigenvalue weighted by Crippen LogP contribution is -2.22. The molecule has 126 valence electrons. The molecule has 1 aromatic carbocycles. The minimum absolute atomic E-state index is 0.158. The summed E-state index contributed by atoms with van der Waals surface area (Å²) in [6.45, 7) is 7.26. The molecule has 2 N–H and O–H groups in total. The highest BCUT2D eigenvalue weighted by molar-refractivity contribution is 6.05. The van der Waals surface area contributed by atoms with Crippen molar-refractivity contribution in [2.45, 2.75) is 20.8 Å². The van der Waals surface area contributed by atoms with Gasteiger partial charge in [-0.05, 0) is 38.1 Å². The third kappa shape index (κ3) is 4.55. The predicted molar refractivity (Wildman–Crippen MR) is 96.5 cm³/mol. The maximum atomic E-state index is 12.4. The second-order valence-corrected chi connectivity index (χ2v) is 5.32. The topological polar surface area (TPSA) is 74.3 Å². The summed E-state index contributed by atoms with van der Waals surface area (Å²) < 4.78 is 0. The molecule has 2 aromatic rings. The number of aromatic nitrogens is 1. The Morgan fingerprint density at radius 2 is 1.71 bits per heavy atom. The van der Waals surface area contributed by atoms with Crippen LogP contribution in [0.4, 0.5) is 17.1 Å². The zero-order valence-electron chi connectivity index (χ0n) is 14.2.